The summed E-state index contributed by atoms with van der Waals surface area (Å²) in [7, 11) is 1.65. The van der Waals surface area contributed by atoms with E-state index < -0.39 is 0 Å². The first-order valence-electron chi connectivity index (χ1n) is 5.96. The van der Waals surface area contributed by atoms with E-state index in [1.54, 1.807) is 13.2 Å². The van der Waals surface area contributed by atoms with Crippen molar-refractivity contribution in [3.05, 3.63) is 63.9 Å². The van der Waals surface area contributed by atoms with Crippen molar-refractivity contribution in [1.29, 1.82) is 0 Å². The fraction of sp³-hybridized carbons (Fsp3) is 0.200. The summed E-state index contributed by atoms with van der Waals surface area (Å²) >= 11 is 3.44. The van der Waals surface area contributed by atoms with Gasteiger partial charge in [-0.25, -0.2) is 4.39 Å². The standard InChI is InChI=1S/C15H15BrFNO/c1-19-15-6-5-13(16)8-12(15)10-18-9-11-3-2-4-14(17)7-11/h2-8,18H,9-10H2,1H3. The first-order valence-corrected chi connectivity index (χ1v) is 6.76. The van der Waals surface area contributed by atoms with Crippen LogP contribution in [0.15, 0.2) is 46.9 Å². The van der Waals surface area contributed by atoms with Gasteiger partial charge in [0.15, 0.2) is 0 Å². The highest BCUT2D eigenvalue weighted by Gasteiger charge is 2.03. The molecule has 0 saturated carbocycles. The fourth-order valence-electron chi connectivity index (χ4n) is 1.87. The van der Waals surface area contributed by atoms with Gasteiger partial charge >= 0.3 is 0 Å². The van der Waals surface area contributed by atoms with Gasteiger partial charge in [0, 0.05) is 23.1 Å². The number of hydrogen-bond donors (Lipinski definition) is 1. The van der Waals surface area contributed by atoms with Crippen LogP contribution in [0, 0.1) is 5.82 Å². The second-order valence-electron chi connectivity index (χ2n) is 4.19. The van der Waals surface area contributed by atoms with Gasteiger partial charge in [0.25, 0.3) is 0 Å². The van der Waals surface area contributed by atoms with Crippen LogP contribution in [0.4, 0.5) is 4.39 Å². The zero-order valence-electron chi connectivity index (χ0n) is 10.6. The van der Waals surface area contributed by atoms with Crippen LogP contribution in [0.1, 0.15) is 11.1 Å². The maximum absolute atomic E-state index is 13.0. The van der Waals surface area contributed by atoms with E-state index in [0.29, 0.717) is 13.1 Å². The smallest absolute Gasteiger partial charge is 0.123 e. The highest BCUT2D eigenvalue weighted by Crippen LogP contribution is 2.22. The van der Waals surface area contributed by atoms with Crippen molar-refractivity contribution in [2.75, 3.05) is 7.11 Å². The van der Waals surface area contributed by atoms with Crippen molar-refractivity contribution in [3.63, 3.8) is 0 Å². The molecule has 0 bridgehead atoms. The van der Waals surface area contributed by atoms with E-state index in [1.165, 1.54) is 12.1 Å². The van der Waals surface area contributed by atoms with E-state index in [2.05, 4.69) is 21.2 Å². The molecule has 100 valence electrons. The van der Waals surface area contributed by atoms with E-state index >= 15 is 0 Å². The Labute approximate surface area is 120 Å². The molecule has 0 atom stereocenters. The molecule has 0 aromatic heterocycles. The SMILES string of the molecule is COc1ccc(Br)cc1CNCc1cccc(F)c1. The summed E-state index contributed by atoms with van der Waals surface area (Å²) in [6.45, 7) is 1.28. The average Bonchev–Trinajstić information content (AvgIpc) is 2.39. The number of rotatable bonds is 5. The average molecular weight is 324 g/mol. The first-order chi connectivity index (χ1) is 9.19. The molecule has 0 heterocycles. The number of ether oxygens (including phenoxy) is 1. The molecule has 2 aromatic rings. The molecule has 19 heavy (non-hydrogen) atoms. The second-order valence-corrected chi connectivity index (χ2v) is 5.11. The minimum atomic E-state index is -0.209. The summed E-state index contributed by atoms with van der Waals surface area (Å²) in [6.07, 6.45) is 0. The molecule has 2 aromatic carbocycles. The number of halogens is 2. The summed E-state index contributed by atoms with van der Waals surface area (Å²) in [5, 5.41) is 3.28. The van der Waals surface area contributed by atoms with Crippen LogP contribution in [0.25, 0.3) is 0 Å². The van der Waals surface area contributed by atoms with E-state index in [0.717, 1.165) is 21.3 Å². The molecular formula is C15H15BrFNO. The monoisotopic (exact) mass is 323 g/mol. The number of hydrogen-bond acceptors (Lipinski definition) is 2. The minimum Gasteiger partial charge on any atom is -0.496 e. The summed E-state index contributed by atoms with van der Waals surface area (Å²) in [5.74, 6) is 0.634. The third-order valence-electron chi connectivity index (χ3n) is 2.78. The van der Waals surface area contributed by atoms with Crippen LogP contribution in [-0.2, 0) is 13.1 Å². The number of nitrogens with one attached hydrogen (secondary N) is 1. The Balaban J connectivity index is 1.97. The van der Waals surface area contributed by atoms with Crippen molar-refractivity contribution in [3.8, 4) is 5.75 Å². The Morgan fingerprint density at radius 2 is 2.00 bits per heavy atom. The Morgan fingerprint density at radius 1 is 1.16 bits per heavy atom. The normalized spacial score (nSPS) is 10.5. The summed E-state index contributed by atoms with van der Waals surface area (Å²) in [5.41, 5.74) is 1.99. The molecule has 0 fully saturated rings. The molecule has 0 aliphatic rings. The van der Waals surface area contributed by atoms with Gasteiger partial charge in [-0.2, -0.15) is 0 Å². The van der Waals surface area contributed by atoms with Crippen molar-refractivity contribution < 1.29 is 9.13 Å². The van der Waals surface area contributed by atoms with E-state index in [1.807, 2.05) is 24.3 Å². The Hall–Kier alpha value is -1.39. The highest BCUT2D eigenvalue weighted by molar-refractivity contribution is 9.10. The van der Waals surface area contributed by atoms with Gasteiger partial charge in [0.2, 0.25) is 0 Å². The third kappa shape index (κ3) is 4.04. The lowest BCUT2D eigenvalue weighted by atomic mass is 10.2. The van der Waals surface area contributed by atoms with Crippen LogP contribution < -0.4 is 10.1 Å². The molecule has 0 saturated heterocycles. The van der Waals surface area contributed by atoms with Crippen molar-refractivity contribution in [2.45, 2.75) is 13.1 Å². The minimum absolute atomic E-state index is 0.209. The van der Waals surface area contributed by atoms with Crippen LogP contribution in [-0.4, -0.2) is 7.11 Å². The van der Waals surface area contributed by atoms with Crippen LogP contribution in [0.5, 0.6) is 5.75 Å². The zero-order chi connectivity index (χ0) is 13.7. The van der Waals surface area contributed by atoms with Crippen molar-refractivity contribution in [2.24, 2.45) is 0 Å². The van der Waals surface area contributed by atoms with Crippen molar-refractivity contribution in [1.82, 2.24) is 5.32 Å². The quantitative estimate of drug-likeness (QED) is 0.901. The lowest BCUT2D eigenvalue weighted by Gasteiger charge is -2.10. The maximum Gasteiger partial charge on any atom is 0.123 e. The Bertz CT molecular complexity index is 560. The molecule has 0 aliphatic carbocycles. The van der Waals surface area contributed by atoms with Gasteiger partial charge in [-0.3, -0.25) is 0 Å². The highest BCUT2D eigenvalue weighted by atomic mass is 79.9. The number of benzene rings is 2. The van der Waals surface area contributed by atoms with Crippen LogP contribution >= 0.6 is 15.9 Å². The maximum atomic E-state index is 13.0. The molecule has 0 amide bonds. The molecular weight excluding hydrogens is 309 g/mol. The van der Waals surface area contributed by atoms with Crippen molar-refractivity contribution >= 4 is 15.9 Å². The Kier molecular flexibility index (Phi) is 4.93. The zero-order valence-corrected chi connectivity index (χ0v) is 12.2. The predicted octanol–water partition coefficient (Wildman–Crippen LogP) is 3.89. The summed E-state index contributed by atoms with van der Waals surface area (Å²) in [6, 6.07) is 12.5. The van der Waals surface area contributed by atoms with Gasteiger partial charge in [-0.15, -0.1) is 0 Å². The van der Waals surface area contributed by atoms with Gasteiger partial charge < -0.3 is 10.1 Å². The van der Waals surface area contributed by atoms with Gasteiger partial charge in [-0.1, -0.05) is 28.1 Å². The van der Waals surface area contributed by atoms with Gasteiger partial charge in [-0.05, 0) is 35.9 Å². The number of methoxy groups -OCH3 is 1. The van der Waals surface area contributed by atoms with E-state index in [-0.39, 0.29) is 5.82 Å². The summed E-state index contributed by atoms with van der Waals surface area (Å²) in [4.78, 5) is 0. The van der Waals surface area contributed by atoms with E-state index in [9.17, 15) is 4.39 Å². The molecule has 2 rings (SSSR count). The lowest BCUT2D eigenvalue weighted by molar-refractivity contribution is 0.407. The predicted molar refractivity (Wildman–Crippen MR) is 77.6 cm³/mol. The summed E-state index contributed by atoms with van der Waals surface area (Å²) < 4.78 is 19.3. The van der Waals surface area contributed by atoms with Gasteiger partial charge in [0.05, 0.1) is 7.11 Å². The van der Waals surface area contributed by atoms with Crippen LogP contribution in [0.2, 0.25) is 0 Å². The molecule has 0 spiro atoms. The van der Waals surface area contributed by atoms with Gasteiger partial charge in [0.1, 0.15) is 11.6 Å². The topological polar surface area (TPSA) is 21.3 Å². The van der Waals surface area contributed by atoms with Crippen LogP contribution in [0.3, 0.4) is 0 Å². The molecule has 2 nitrogen and oxygen atoms in total. The fourth-order valence-corrected chi connectivity index (χ4v) is 2.28. The molecule has 1 N–H and O–H groups in total. The molecule has 0 unspecified atom stereocenters. The largest absolute Gasteiger partial charge is 0.496 e. The Morgan fingerprint density at radius 3 is 2.74 bits per heavy atom. The molecule has 4 heteroatoms. The third-order valence-corrected chi connectivity index (χ3v) is 3.27. The van der Waals surface area contributed by atoms with E-state index in [4.69, 9.17) is 4.74 Å². The first kappa shape index (κ1) is 14.0. The molecule has 0 radical (unpaired) electrons. The lowest BCUT2D eigenvalue weighted by Crippen LogP contribution is -2.13. The second kappa shape index (κ2) is 6.68. The molecule has 0 aliphatic heterocycles.